The van der Waals surface area contributed by atoms with Crippen LogP contribution >= 0.6 is 23.4 Å². The second kappa shape index (κ2) is 11.1. The van der Waals surface area contributed by atoms with E-state index in [1.807, 2.05) is 36.4 Å². The molecular weight excluding hydrogens is 527 g/mol. The number of imide groups is 1. The van der Waals surface area contributed by atoms with Crippen molar-refractivity contribution in [3.8, 4) is 5.75 Å². The van der Waals surface area contributed by atoms with E-state index in [9.17, 15) is 18.8 Å². The van der Waals surface area contributed by atoms with Crippen LogP contribution in [0.4, 0.5) is 14.9 Å². The lowest BCUT2D eigenvalue weighted by molar-refractivity contribution is -0.127. The Bertz CT molecular complexity index is 1580. The maximum Gasteiger partial charge on any atom is 0.294 e. The maximum absolute atomic E-state index is 14.0. The fourth-order valence-electron chi connectivity index (χ4n) is 3.98. The average Bonchev–Trinajstić information content (AvgIpc) is 3.16. The van der Waals surface area contributed by atoms with Gasteiger partial charge in [0, 0.05) is 16.6 Å². The highest BCUT2D eigenvalue weighted by Crippen LogP contribution is 2.33. The van der Waals surface area contributed by atoms with Gasteiger partial charge < -0.3 is 10.1 Å². The summed E-state index contributed by atoms with van der Waals surface area (Å²) in [5.41, 5.74) is 1.44. The quantitative estimate of drug-likeness (QED) is 0.256. The van der Waals surface area contributed by atoms with Crippen LogP contribution in [0.15, 0.2) is 89.8 Å². The normalized spacial score (nSPS) is 14.4. The van der Waals surface area contributed by atoms with Gasteiger partial charge in [0.2, 0.25) is 5.91 Å². The molecular formula is C29H20ClFN2O4S. The summed E-state index contributed by atoms with van der Waals surface area (Å²) in [6.07, 6.45) is 1.55. The fraction of sp³-hybridized carbons (Fsp3) is 0.0690. The molecule has 1 aliphatic rings. The predicted octanol–water partition coefficient (Wildman–Crippen LogP) is 6.89. The number of carbonyl (C=O) groups excluding carboxylic acids is 3. The molecule has 0 spiro atoms. The van der Waals surface area contributed by atoms with Crippen molar-refractivity contribution in [3.63, 3.8) is 0 Å². The Balaban J connectivity index is 1.26. The van der Waals surface area contributed by atoms with Gasteiger partial charge >= 0.3 is 0 Å². The van der Waals surface area contributed by atoms with Crippen LogP contribution in [0.2, 0.25) is 5.02 Å². The Labute approximate surface area is 227 Å². The predicted molar refractivity (Wildman–Crippen MR) is 147 cm³/mol. The molecule has 1 heterocycles. The average molecular weight is 547 g/mol. The molecule has 6 nitrogen and oxygen atoms in total. The zero-order valence-electron chi connectivity index (χ0n) is 19.8. The van der Waals surface area contributed by atoms with Crippen LogP contribution in [0.25, 0.3) is 16.8 Å². The number of halogens is 2. The number of hydrogen-bond donors (Lipinski definition) is 1. The second-order valence-corrected chi connectivity index (χ2v) is 9.80. The minimum atomic E-state index is -0.558. The number of amides is 3. The molecule has 0 bridgehead atoms. The Morgan fingerprint density at radius 3 is 2.61 bits per heavy atom. The maximum atomic E-state index is 14.0. The van der Waals surface area contributed by atoms with Gasteiger partial charge in [-0.1, -0.05) is 66.2 Å². The van der Waals surface area contributed by atoms with E-state index in [1.165, 1.54) is 12.1 Å². The molecule has 38 heavy (non-hydrogen) atoms. The smallest absolute Gasteiger partial charge is 0.294 e. The number of benzene rings is 4. The Morgan fingerprint density at radius 1 is 1.00 bits per heavy atom. The fourth-order valence-corrected chi connectivity index (χ4v) is 5.03. The number of anilines is 1. The van der Waals surface area contributed by atoms with E-state index in [0.29, 0.717) is 17.0 Å². The number of nitrogens with one attached hydrogen (secondary N) is 1. The van der Waals surface area contributed by atoms with Gasteiger partial charge in [-0.05, 0) is 59.1 Å². The number of fused-ring (bicyclic) bond motifs is 1. The van der Waals surface area contributed by atoms with Crippen molar-refractivity contribution in [2.75, 3.05) is 11.9 Å². The van der Waals surface area contributed by atoms with E-state index < -0.39 is 29.4 Å². The number of ether oxygens (including phenoxy) is 1. The minimum absolute atomic E-state index is 0.0721. The van der Waals surface area contributed by atoms with Crippen LogP contribution in [0.1, 0.15) is 11.1 Å². The van der Waals surface area contributed by atoms with Gasteiger partial charge in [0.25, 0.3) is 11.1 Å². The summed E-state index contributed by atoms with van der Waals surface area (Å²) >= 11 is 6.81. The monoisotopic (exact) mass is 546 g/mol. The zero-order chi connectivity index (χ0) is 26.6. The molecule has 9 heteroatoms. The van der Waals surface area contributed by atoms with Crippen molar-refractivity contribution < 1.29 is 23.5 Å². The molecule has 3 amide bonds. The first-order valence-electron chi connectivity index (χ1n) is 11.6. The van der Waals surface area contributed by atoms with E-state index >= 15 is 0 Å². The molecule has 0 aromatic heterocycles. The van der Waals surface area contributed by atoms with Crippen molar-refractivity contribution >= 4 is 63.0 Å². The molecule has 1 saturated heterocycles. The summed E-state index contributed by atoms with van der Waals surface area (Å²) < 4.78 is 19.7. The molecule has 0 unspecified atom stereocenters. The highest BCUT2D eigenvalue weighted by molar-refractivity contribution is 8.18. The number of nitrogens with zero attached hydrogens (tertiary/aromatic N) is 1. The summed E-state index contributed by atoms with van der Waals surface area (Å²) in [6, 6.07) is 24.3. The molecule has 0 aliphatic carbocycles. The van der Waals surface area contributed by atoms with Crippen molar-refractivity contribution in [2.24, 2.45) is 0 Å². The van der Waals surface area contributed by atoms with Crippen LogP contribution in [0.5, 0.6) is 5.75 Å². The molecule has 1 fully saturated rings. The van der Waals surface area contributed by atoms with Gasteiger partial charge in [-0.3, -0.25) is 19.3 Å². The first-order chi connectivity index (χ1) is 18.4. The van der Waals surface area contributed by atoms with E-state index in [-0.39, 0.29) is 22.1 Å². The summed E-state index contributed by atoms with van der Waals surface area (Å²) in [5.74, 6) is -1.07. The Hall–Kier alpha value is -4.14. The van der Waals surface area contributed by atoms with E-state index in [0.717, 1.165) is 27.4 Å². The van der Waals surface area contributed by atoms with Crippen molar-refractivity contribution in [2.45, 2.75) is 6.61 Å². The molecule has 1 aliphatic heterocycles. The summed E-state index contributed by atoms with van der Waals surface area (Å²) in [7, 11) is 0. The van der Waals surface area contributed by atoms with Gasteiger partial charge in [-0.2, -0.15) is 0 Å². The topological polar surface area (TPSA) is 75.7 Å². The van der Waals surface area contributed by atoms with Crippen LogP contribution in [0.3, 0.4) is 0 Å². The molecule has 0 atom stereocenters. The molecule has 190 valence electrons. The molecule has 4 aromatic carbocycles. The number of hydrogen-bond acceptors (Lipinski definition) is 5. The van der Waals surface area contributed by atoms with Gasteiger partial charge in [0.05, 0.1) is 9.93 Å². The third-order valence-electron chi connectivity index (χ3n) is 5.84. The second-order valence-electron chi connectivity index (χ2n) is 8.40. The van der Waals surface area contributed by atoms with Crippen molar-refractivity contribution in [1.82, 2.24) is 4.90 Å². The minimum Gasteiger partial charge on any atom is -0.489 e. The lowest BCUT2D eigenvalue weighted by Crippen LogP contribution is -2.36. The first kappa shape index (κ1) is 25.5. The number of rotatable bonds is 7. The molecule has 0 radical (unpaired) electrons. The lowest BCUT2D eigenvalue weighted by atomic mass is 10.1. The van der Waals surface area contributed by atoms with Gasteiger partial charge in [-0.15, -0.1) is 0 Å². The Morgan fingerprint density at radius 2 is 1.76 bits per heavy atom. The van der Waals surface area contributed by atoms with Gasteiger partial charge in [0.15, 0.2) is 0 Å². The molecule has 5 rings (SSSR count). The largest absolute Gasteiger partial charge is 0.489 e. The van der Waals surface area contributed by atoms with Crippen molar-refractivity contribution in [1.29, 1.82) is 0 Å². The van der Waals surface area contributed by atoms with Crippen molar-refractivity contribution in [3.05, 3.63) is 112 Å². The third kappa shape index (κ3) is 5.56. The zero-order valence-corrected chi connectivity index (χ0v) is 21.4. The first-order valence-corrected chi connectivity index (χ1v) is 12.8. The van der Waals surface area contributed by atoms with E-state index in [1.54, 1.807) is 42.5 Å². The third-order valence-corrected chi connectivity index (χ3v) is 7.10. The standard InChI is InChI=1S/C29H20ClFN2O4S/c30-23-11-5-12-24(31)22(23)17-37-20-9-3-6-18(14-20)15-26-28(35)33(29(36)38-26)16-27(34)32-25-13-4-8-19-7-1-2-10-21(19)25/h1-15H,16-17H2,(H,32,34)/b26-15+. The van der Waals surface area contributed by atoms with Crippen LogP contribution in [-0.4, -0.2) is 28.5 Å². The summed E-state index contributed by atoms with van der Waals surface area (Å²) in [5, 5.41) is 4.34. The van der Waals surface area contributed by atoms with Gasteiger partial charge in [0.1, 0.15) is 24.7 Å². The number of carbonyl (C=O) groups is 3. The highest BCUT2D eigenvalue weighted by Gasteiger charge is 2.36. The highest BCUT2D eigenvalue weighted by atomic mass is 35.5. The van der Waals surface area contributed by atoms with Crippen LogP contribution < -0.4 is 10.1 Å². The molecule has 4 aromatic rings. The lowest BCUT2D eigenvalue weighted by Gasteiger charge is -2.13. The Kier molecular flexibility index (Phi) is 7.44. The SMILES string of the molecule is O=C(CN1C(=O)S/C(=C/c2cccc(OCc3c(F)cccc3Cl)c2)C1=O)Nc1cccc2ccccc12. The summed E-state index contributed by atoms with van der Waals surface area (Å²) in [4.78, 5) is 39.3. The molecule has 0 saturated carbocycles. The summed E-state index contributed by atoms with van der Waals surface area (Å²) in [6.45, 7) is -0.477. The van der Waals surface area contributed by atoms with E-state index in [4.69, 9.17) is 16.3 Å². The van der Waals surface area contributed by atoms with Crippen LogP contribution in [0, 0.1) is 5.82 Å². The van der Waals surface area contributed by atoms with Crippen LogP contribution in [-0.2, 0) is 16.2 Å². The van der Waals surface area contributed by atoms with E-state index in [2.05, 4.69) is 5.32 Å². The molecule has 1 N–H and O–H groups in total. The van der Waals surface area contributed by atoms with Gasteiger partial charge in [-0.25, -0.2) is 4.39 Å². The number of thioether (sulfide) groups is 1.